The summed E-state index contributed by atoms with van der Waals surface area (Å²) in [6.45, 7) is 3.95. The summed E-state index contributed by atoms with van der Waals surface area (Å²) in [6.07, 6.45) is 4.78. The molecule has 2 heterocycles. The second-order valence-electron chi connectivity index (χ2n) is 4.63. The number of carbonyl (C=O) groups excluding carboxylic acids is 1. The molecule has 0 radical (unpaired) electrons. The van der Waals surface area contributed by atoms with Gasteiger partial charge in [-0.25, -0.2) is 0 Å². The number of nitrogens with zero attached hydrogens (tertiary/aromatic N) is 1. The number of piperidine rings is 1. The molecule has 1 aliphatic rings. The lowest BCUT2D eigenvalue weighted by molar-refractivity contribution is 0.0653. The van der Waals surface area contributed by atoms with Crippen molar-refractivity contribution >= 4 is 21.8 Å². The summed E-state index contributed by atoms with van der Waals surface area (Å²) in [5.41, 5.74) is 0. The summed E-state index contributed by atoms with van der Waals surface area (Å²) < 4.78 is 5.91. The largest absolute Gasteiger partial charge is 0.444 e. The van der Waals surface area contributed by atoms with Crippen molar-refractivity contribution in [2.24, 2.45) is 5.92 Å². The van der Waals surface area contributed by atoms with E-state index in [1.807, 2.05) is 4.90 Å². The monoisotopic (exact) mass is 299 g/mol. The standard InChI is InChI=1S/C13H18BrNO2/c1-2-3-10-6-8-15(9-7-10)13(16)11-4-5-12(14)17-11/h4-5,10H,2-3,6-9H2,1H3. The molecule has 0 bridgehead atoms. The molecule has 2 rings (SSSR count). The molecule has 1 amide bonds. The average Bonchev–Trinajstić information content (AvgIpc) is 2.76. The predicted molar refractivity (Wildman–Crippen MR) is 69.9 cm³/mol. The van der Waals surface area contributed by atoms with Gasteiger partial charge in [0.2, 0.25) is 0 Å². The lowest BCUT2D eigenvalue weighted by Gasteiger charge is -2.31. The fraction of sp³-hybridized carbons (Fsp3) is 0.615. The highest BCUT2D eigenvalue weighted by molar-refractivity contribution is 9.10. The van der Waals surface area contributed by atoms with E-state index in [4.69, 9.17) is 4.42 Å². The number of hydrogen-bond acceptors (Lipinski definition) is 2. The first-order valence-corrected chi connectivity index (χ1v) is 7.04. The summed E-state index contributed by atoms with van der Waals surface area (Å²) in [7, 11) is 0. The summed E-state index contributed by atoms with van der Waals surface area (Å²) in [4.78, 5) is 14.0. The summed E-state index contributed by atoms with van der Waals surface area (Å²) in [5, 5.41) is 0. The minimum Gasteiger partial charge on any atom is -0.444 e. The van der Waals surface area contributed by atoms with Crippen molar-refractivity contribution in [3.8, 4) is 0 Å². The lowest BCUT2D eigenvalue weighted by atomic mass is 9.92. The first kappa shape index (κ1) is 12.7. The number of carbonyl (C=O) groups is 1. The molecule has 1 aromatic rings. The van der Waals surface area contributed by atoms with Crippen LogP contribution < -0.4 is 0 Å². The molecule has 17 heavy (non-hydrogen) atoms. The zero-order valence-corrected chi connectivity index (χ0v) is 11.7. The summed E-state index contributed by atoms with van der Waals surface area (Å²) in [5.74, 6) is 1.25. The van der Waals surface area contributed by atoms with E-state index >= 15 is 0 Å². The number of amides is 1. The van der Waals surface area contributed by atoms with Gasteiger partial charge in [-0.1, -0.05) is 19.8 Å². The molecule has 0 saturated carbocycles. The minimum absolute atomic E-state index is 0.0191. The van der Waals surface area contributed by atoms with Crippen molar-refractivity contribution in [1.82, 2.24) is 4.90 Å². The normalized spacial score (nSPS) is 17.4. The highest BCUT2D eigenvalue weighted by atomic mass is 79.9. The third-order valence-electron chi connectivity index (χ3n) is 3.38. The van der Waals surface area contributed by atoms with Gasteiger partial charge in [0.05, 0.1) is 0 Å². The van der Waals surface area contributed by atoms with Crippen LogP contribution in [-0.2, 0) is 0 Å². The van der Waals surface area contributed by atoms with Crippen LogP contribution in [0.3, 0.4) is 0 Å². The molecule has 94 valence electrons. The highest BCUT2D eigenvalue weighted by Crippen LogP contribution is 2.23. The van der Waals surface area contributed by atoms with Gasteiger partial charge in [0.1, 0.15) is 0 Å². The number of halogens is 1. The van der Waals surface area contributed by atoms with Crippen LogP contribution in [0.5, 0.6) is 0 Å². The van der Waals surface area contributed by atoms with Crippen molar-refractivity contribution in [2.45, 2.75) is 32.6 Å². The van der Waals surface area contributed by atoms with Crippen molar-refractivity contribution in [3.05, 3.63) is 22.6 Å². The van der Waals surface area contributed by atoms with E-state index in [9.17, 15) is 4.79 Å². The Balaban J connectivity index is 1.90. The van der Waals surface area contributed by atoms with Gasteiger partial charge in [-0.15, -0.1) is 0 Å². The van der Waals surface area contributed by atoms with Gasteiger partial charge < -0.3 is 9.32 Å². The maximum Gasteiger partial charge on any atom is 0.289 e. The van der Waals surface area contributed by atoms with Gasteiger partial charge in [-0.05, 0) is 46.8 Å². The Kier molecular flexibility index (Phi) is 4.26. The topological polar surface area (TPSA) is 33.5 Å². The van der Waals surface area contributed by atoms with Gasteiger partial charge in [0.15, 0.2) is 10.4 Å². The van der Waals surface area contributed by atoms with Gasteiger partial charge in [-0.2, -0.15) is 0 Å². The highest BCUT2D eigenvalue weighted by Gasteiger charge is 2.24. The van der Waals surface area contributed by atoms with Crippen LogP contribution in [0.2, 0.25) is 0 Å². The van der Waals surface area contributed by atoms with Crippen LogP contribution in [0.15, 0.2) is 21.2 Å². The molecule has 1 aromatic heterocycles. The van der Waals surface area contributed by atoms with Crippen molar-refractivity contribution < 1.29 is 9.21 Å². The fourth-order valence-corrected chi connectivity index (χ4v) is 2.72. The van der Waals surface area contributed by atoms with Crippen molar-refractivity contribution in [1.29, 1.82) is 0 Å². The van der Waals surface area contributed by atoms with Crippen LogP contribution in [0.4, 0.5) is 0 Å². The molecular weight excluding hydrogens is 282 g/mol. The third kappa shape index (κ3) is 3.12. The first-order chi connectivity index (χ1) is 8.20. The molecule has 1 aliphatic heterocycles. The van der Waals surface area contributed by atoms with E-state index in [0.29, 0.717) is 10.4 Å². The molecule has 0 aromatic carbocycles. The maximum absolute atomic E-state index is 12.1. The van der Waals surface area contributed by atoms with Crippen LogP contribution in [0.1, 0.15) is 43.2 Å². The molecular formula is C13H18BrNO2. The Bertz CT molecular complexity index is 381. The third-order valence-corrected chi connectivity index (χ3v) is 3.81. The van der Waals surface area contributed by atoms with Crippen LogP contribution in [0.25, 0.3) is 0 Å². The van der Waals surface area contributed by atoms with Crippen LogP contribution >= 0.6 is 15.9 Å². The Morgan fingerprint density at radius 2 is 2.18 bits per heavy atom. The molecule has 0 spiro atoms. The summed E-state index contributed by atoms with van der Waals surface area (Å²) >= 11 is 3.22. The Labute approximate surface area is 110 Å². The molecule has 0 N–H and O–H groups in total. The van der Waals surface area contributed by atoms with Gasteiger partial charge in [-0.3, -0.25) is 4.79 Å². The molecule has 0 atom stereocenters. The average molecular weight is 300 g/mol. The number of rotatable bonds is 3. The molecule has 3 nitrogen and oxygen atoms in total. The Morgan fingerprint density at radius 3 is 2.71 bits per heavy atom. The van der Waals surface area contributed by atoms with E-state index < -0.39 is 0 Å². The predicted octanol–water partition coefficient (Wildman–Crippen LogP) is 3.69. The second-order valence-corrected chi connectivity index (χ2v) is 5.41. The quantitative estimate of drug-likeness (QED) is 0.853. The zero-order valence-electron chi connectivity index (χ0n) is 10.1. The van der Waals surface area contributed by atoms with E-state index in [1.54, 1.807) is 12.1 Å². The Morgan fingerprint density at radius 1 is 1.47 bits per heavy atom. The van der Waals surface area contributed by atoms with Crippen molar-refractivity contribution in [2.75, 3.05) is 13.1 Å². The zero-order chi connectivity index (χ0) is 12.3. The lowest BCUT2D eigenvalue weighted by Crippen LogP contribution is -2.38. The van der Waals surface area contributed by atoms with E-state index in [1.165, 1.54) is 12.8 Å². The van der Waals surface area contributed by atoms with E-state index in [2.05, 4.69) is 22.9 Å². The molecule has 4 heteroatoms. The minimum atomic E-state index is 0.0191. The molecule has 1 fully saturated rings. The second kappa shape index (κ2) is 5.71. The van der Waals surface area contributed by atoms with Crippen LogP contribution in [-0.4, -0.2) is 23.9 Å². The molecule has 0 aliphatic carbocycles. The van der Waals surface area contributed by atoms with Gasteiger partial charge >= 0.3 is 0 Å². The molecule has 0 unspecified atom stereocenters. The Hall–Kier alpha value is -0.770. The smallest absolute Gasteiger partial charge is 0.289 e. The van der Waals surface area contributed by atoms with Gasteiger partial charge in [0, 0.05) is 13.1 Å². The fourth-order valence-electron chi connectivity index (χ4n) is 2.42. The van der Waals surface area contributed by atoms with Crippen LogP contribution in [0, 0.1) is 5.92 Å². The number of furan rings is 1. The van der Waals surface area contributed by atoms with E-state index in [-0.39, 0.29) is 5.91 Å². The number of likely N-dealkylation sites (tertiary alicyclic amines) is 1. The number of hydrogen-bond donors (Lipinski definition) is 0. The molecule has 1 saturated heterocycles. The van der Waals surface area contributed by atoms with Crippen molar-refractivity contribution in [3.63, 3.8) is 0 Å². The van der Waals surface area contributed by atoms with Gasteiger partial charge in [0.25, 0.3) is 5.91 Å². The summed E-state index contributed by atoms with van der Waals surface area (Å²) in [6, 6.07) is 3.49. The maximum atomic E-state index is 12.1. The SMILES string of the molecule is CCCC1CCN(C(=O)c2ccc(Br)o2)CC1. The first-order valence-electron chi connectivity index (χ1n) is 6.25. The van der Waals surface area contributed by atoms with E-state index in [0.717, 1.165) is 31.8 Å².